The lowest BCUT2D eigenvalue weighted by Crippen LogP contribution is -2.44. The summed E-state index contributed by atoms with van der Waals surface area (Å²) in [6.45, 7) is 1.69. The Morgan fingerprint density at radius 3 is 2.52 bits per heavy atom. The number of carbonyl (C=O) groups excluding carboxylic acids is 1. The summed E-state index contributed by atoms with van der Waals surface area (Å²) in [5.41, 5.74) is 6.79. The molecule has 1 aliphatic carbocycles. The molecule has 4 N–H and O–H groups in total. The van der Waals surface area contributed by atoms with Gasteiger partial charge in [-0.1, -0.05) is 12.5 Å². The van der Waals surface area contributed by atoms with Gasteiger partial charge in [-0.25, -0.2) is 0 Å². The van der Waals surface area contributed by atoms with Crippen LogP contribution in [0.2, 0.25) is 0 Å². The third-order valence-electron chi connectivity index (χ3n) is 4.85. The van der Waals surface area contributed by atoms with Crippen LogP contribution < -0.4 is 5.73 Å². The van der Waals surface area contributed by atoms with Gasteiger partial charge in [-0.05, 0) is 48.8 Å². The Morgan fingerprint density at radius 1 is 1.24 bits per heavy atom. The Morgan fingerprint density at radius 2 is 1.90 bits per heavy atom. The van der Waals surface area contributed by atoms with Crippen LogP contribution in [0, 0.1) is 11.8 Å². The molecule has 0 radical (unpaired) electrons. The minimum atomic E-state index is -0.590. The zero-order chi connectivity index (χ0) is 15.0. The molecule has 3 atom stereocenters. The van der Waals surface area contributed by atoms with Crippen molar-refractivity contribution in [3.63, 3.8) is 0 Å². The molecule has 2 unspecified atom stereocenters. The van der Waals surface area contributed by atoms with Gasteiger partial charge in [-0.3, -0.25) is 4.79 Å². The molecule has 114 valence electrons. The summed E-state index contributed by atoms with van der Waals surface area (Å²) in [5.74, 6) is 0.989. The van der Waals surface area contributed by atoms with E-state index in [0.29, 0.717) is 18.3 Å². The van der Waals surface area contributed by atoms with Gasteiger partial charge in [0.05, 0.1) is 6.04 Å². The van der Waals surface area contributed by atoms with Crippen molar-refractivity contribution >= 4 is 5.91 Å². The average Bonchev–Trinajstić information content (AvgIpc) is 3.03. The van der Waals surface area contributed by atoms with Crippen LogP contribution in [-0.2, 0) is 11.2 Å². The molecular weight excluding hydrogens is 268 g/mol. The zero-order valence-electron chi connectivity index (χ0n) is 12.0. The van der Waals surface area contributed by atoms with Crippen LogP contribution in [0.4, 0.5) is 0 Å². The first kappa shape index (κ1) is 14.2. The van der Waals surface area contributed by atoms with E-state index in [-0.39, 0.29) is 17.4 Å². The first-order valence-corrected chi connectivity index (χ1v) is 7.60. The number of phenolic OH excluding ortho intramolecular Hbond substituents is 2. The van der Waals surface area contributed by atoms with E-state index in [4.69, 9.17) is 5.73 Å². The fraction of sp³-hybridized carbons (Fsp3) is 0.562. The Bertz CT molecular complexity index is 534. The van der Waals surface area contributed by atoms with Gasteiger partial charge in [-0.15, -0.1) is 0 Å². The standard InChI is InChI=1S/C16H22N2O3/c17-13(6-10-4-5-14(19)15(20)7-10)16(21)18-8-11-2-1-3-12(11)9-18/h4-5,7,11-13,19-20H,1-3,6,8-9,17H2/t11?,12?,13-/m0/s1. The lowest BCUT2D eigenvalue weighted by atomic mass is 10.0. The first-order valence-electron chi connectivity index (χ1n) is 7.60. The average molecular weight is 290 g/mol. The van der Waals surface area contributed by atoms with Crippen molar-refractivity contribution in [3.8, 4) is 11.5 Å². The molecule has 5 nitrogen and oxygen atoms in total. The van der Waals surface area contributed by atoms with Crippen molar-refractivity contribution in [2.75, 3.05) is 13.1 Å². The van der Waals surface area contributed by atoms with Crippen LogP contribution in [0.1, 0.15) is 24.8 Å². The highest BCUT2D eigenvalue weighted by Gasteiger charge is 2.39. The van der Waals surface area contributed by atoms with Gasteiger partial charge in [-0.2, -0.15) is 0 Å². The van der Waals surface area contributed by atoms with Crippen LogP contribution in [0.15, 0.2) is 18.2 Å². The number of nitrogens with two attached hydrogens (primary N) is 1. The number of benzene rings is 1. The third kappa shape index (κ3) is 2.83. The summed E-state index contributed by atoms with van der Waals surface area (Å²) in [4.78, 5) is 14.3. The molecule has 1 amide bonds. The molecule has 3 rings (SSSR count). The molecular formula is C16H22N2O3. The number of aromatic hydroxyl groups is 2. The minimum absolute atomic E-state index is 0.00281. The number of phenols is 2. The second-order valence-corrected chi connectivity index (χ2v) is 6.33. The highest BCUT2D eigenvalue weighted by atomic mass is 16.3. The number of rotatable bonds is 3. The maximum absolute atomic E-state index is 12.4. The van der Waals surface area contributed by atoms with E-state index >= 15 is 0 Å². The summed E-state index contributed by atoms with van der Waals surface area (Å²) in [7, 11) is 0. The summed E-state index contributed by atoms with van der Waals surface area (Å²) in [5, 5.41) is 18.8. The smallest absolute Gasteiger partial charge is 0.239 e. The summed E-state index contributed by atoms with van der Waals surface area (Å²) in [6.07, 6.45) is 4.12. The predicted octanol–water partition coefficient (Wildman–Crippen LogP) is 1.23. The fourth-order valence-electron chi connectivity index (χ4n) is 3.69. The van der Waals surface area contributed by atoms with E-state index in [1.165, 1.54) is 31.4 Å². The molecule has 1 saturated carbocycles. The largest absolute Gasteiger partial charge is 0.504 e. The molecule has 2 fully saturated rings. The summed E-state index contributed by atoms with van der Waals surface area (Å²) < 4.78 is 0. The quantitative estimate of drug-likeness (QED) is 0.731. The van der Waals surface area contributed by atoms with Gasteiger partial charge in [0.15, 0.2) is 11.5 Å². The summed E-state index contributed by atoms with van der Waals surface area (Å²) >= 11 is 0. The minimum Gasteiger partial charge on any atom is -0.504 e. The van der Waals surface area contributed by atoms with E-state index in [1.54, 1.807) is 6.07 Å². The molecule has 5 heteroatoms. The van der Waals surface area contributed by atoms with Crippen LogP contribution in [0.3, 0.4) is 0 Å². The predicted molar refractivity (Wildman–Crippen MR) is 78.9 cm³/mol. The van der Waals surface area contributed by atoms with Crippen molar-refractivity contribution < 1.29 is 15.0 Å². The number of nitrogens with zero attached hydrogens (tertiary/aromatic N) is 1. The van der Waals surface area contributed by atoms with Crippen LogP contribution >= 0.6 is 0 Å². The SMILES string of the molecule is N[C@@H](Cc1ccc(O)c(O)c1)C(=O)N1CC2CCCC2C1. The molecule has 0 aromatic heterocycles. The van der Waals surface area contributed by atoms with Gasteiger partial charge >= 0.3 is 0 Å². The Labute approximate surface area is 124 Å². The van der Waals surface area contributed by atoms with Gasteiger partial charge in [0.2, 0.25) is 5.91 Å². The first-order chi connectivity index (χ1) is 10.0. The molecule has 1 saturated heterocycles. The van der Waals surface area contributed by atoms with E-state index in [9.17, 15) is 15.0 Å². The third-order valence-corrected chi connectivity index (χ3v) is 4.85. The van der Waals surface area contributed by atoms with E-state index < -0.39 is 6.04 Å². The molecule has 1 aromatic carbocycles. The number of carbonyl (C=O) groups is 1. The molecule has 2 aliphatic rings. The number of likely N-dealkylation sites (tertiary alicyclic amines) is 1. The molecule has 21 heavy (non-hydrogen) atoms. The number of amides is 1. The highest BCUT2D eigenvalue weighted by molar-refractivity contribution is 5.82. The van der Waals surface area contributed by atoms with Gasteiger partial charge in [0.1, 0.15) is 0 Å². The number of hydrogen-bond acceptors (Lipinski definition) is 4. The number of hydrogen-bond donors (Lipinski definition) is 3. The highest BCUT2D eigenvalue weighted by Crippen LogP contribution is 2.37. The maximum atomic E-state index is 12.4. The zero-order valence-corrected chi connectivity index (χ0v) is 12.0. The second kappa shape index (κ2) is 5.56. The second-order valence-electron chi connectivity index (χ2n) is 6.33. The van der Waals surface area contributed by atoms with Crippen molar-refractivity contribution in [2.45, 2.75) is 31.7 Å². The molecule has 1 aromatic rings. The summed E-state index contributed by atoms with van der Waals surface area (Å²) in [6, 6.07) is 3.97. The van der Waals surface area contributed by atoms with Crippen molar-refractivity contribution in [1.29, 1.82) is 0 Å². The van der Waals surface area contributed by atoms with E-state index in [1.807, 2.05) is 4.90 Å². The maximum Gasteiger partial charge on any atom is 0.239 e. The Balaban J connectivity index is 1.61. The lowest BCUT2D eigenvalue weighted by Gasteiger charge is -2.21. The molecule has 1 heterocycles. The topological polar surface area (TPSA) is 86.8 Å². The Kier molecular flexibility index (Phi) is 3.76. The van der Waals surface area contributed by atoms with Gasteiger partial charge < -0.3 is 20.8 Å². The molecule has 1 aliphatic heterocycles. The molecule has 0 bridgehead atoms. The van der Waals surface area contributed by atoms with Gasteiger partial charge in [0.25, 0.3) is 0 Å². The monoisotopic (exact) mass is 290 g/mol. The van der Waals surface area contributed by atoms with Gasteiger partial charge in [0, 0.05) is 13.1 Å². The normalized spacial score (nSPS) is 25.9. The fourth-order valence-corrected chi connectivity index (χ4v) is 3.69. The number of fused-ring (bicyclic) bond motifs is 1. The Hall–Kier alpha value is -1.75. The van der Waals surface area contributed by atoms with Crippen LogP contribution in [0.5, 0.6) is 11.5 Å². The lowest BCUT2D eigenvalue weighted by molar-refractivity contribution is -0.131. The molecule has 0 spiro atoms. The van der Waals surface area contributed by atoms with Crippen molar-refractivity contribution in [1.82, 2.24) is 4.90 Å². The van der Waals surface area contributed by atoms with E-state index in [0.717, 1.165) is 18.7 Å². The van der Waals surface area contributed by atoms with Crippen LogP contribution in [-0.4, -0.2) is 40.2 Å². The van der Waals surface area contributed by atoms with Crippen LogP contribution in [0.25, 0.3) is 0 Å². The van der Waals surface area contributed by atoms with E-state index in [2.05, 4.69) is 0 Å². The van der Waals surface area contributed by atoms with Crippen molar-refractivity contribution in [2.24, 2.45) is 17.6 Å². The van der Waals surface area contributed by atoms with Crippen molar-refractivity contribution in [3.05, 3.63) is 23.8 Å².